The summed E-state index contributed by atoms with van der Waals surface area (Å²) in [5.74, 6) is -2.79. The summed E-state index contributed by atoms with van der Waals surface area (Å²) < 4.78 is 44.8. The summed E-state index contributed by atoms with van der Waals surface area (Å²) in [6, 6.07) is 15.9. The first kappa shape index (κ1) is 20.0. The van der Waals surface area contributed by atoms with Gasteiger partial charge < -0.3 is 4.74 Å². The molecule has 0 aliphatic carbocycles. The number of carbonyl (C=O) groups is 1. The van der Waals surface area contributed by atoms with Crippen LogP contribution in [0.2, 0.25) is 0 Å². The molecule has 26 heavy (non-hydrogen) atoms. The topological polar surface area (TPSA) is 38.3 Å². The zero-order valence-corrected chi connectivity index (χ0v) is 14.7. The zero-order valence-electron chi connectivity index (χ0n) is 14.7. The fourth-order valence-corrected chi connectivity index (χ4v) is 2.53. The maximum absolute atomic E-state index is 13.2. The van der Waals surface area contributed by atoms with E-state index in [-0.39, 0.29) is 6.61 Å². The van der Waals surface area contributed by atoms with E-state index in [0.29, 0.717) is 0 Å². The van der Waals surface area contributed by atoms with Crippen LogP contribution in [-0.2, 0) is 16.1 Å². The minimum atomic E-state index is -4.51. The molecular weight excluding hydrogens is 343 g/mol. The van der Waals surface area contributed by atoms with E-state index in [2.05, 4.69) is 5.32 Å². The van der Waals surface area contributed by atoms with Gasteiger partial charge >= 0.3 is 12.1 Å². The van der Waals surface area contributed by atoms with E-state index >= 15 is 0 Å². The number of hydrogen-bond donors (Lipinski definition) is 1. The van der Waals surface area contributed by atoms with Gasteiger partial charge in [-0.15, -0.1) is 0 Å². The maximum atomic E-state index is 13.2. The van der Waals surface area contributed by atoms with E-state index < -0.39 is 30.1 Å². The summed E-state index contributed by atoms with van der Waals surface area (Å²) in [6.45, 7) is 2.64. The molecule has 0 heterocycles. The van der Waals surface area contributed by atoms with Crippen molar-refractivity contribution in [3.63, 3.8) is 0 Å². The van der Waals surface area contributed by atoms with Crippen LogP contribution in [0.15, 0.2) is 60.7 Å². The average Bonchev–Trinajstić information content (AvgIpc) is 2.64. The highest BCUT2D eigenvalue weighted by molar-refractivity contribution is 5.76. The summed E-state index contributed by atoms with van der Waals surface area (Å²) in [7, 11) is 0. The minimum absolute atomic E-state index is 0.0673. The molecule has 0 spiro atoms. The summed E-state index contributed by atoms with van der Waals surface area (Å²) in [4.78, 5) is 12.4. The Morgan fingerprint density at radius 2 is 1.54 bits per heavy atom. The predicted molar refractivity (Wildman–Crippen MR) is 93.2 cm³/mol. The lowest BCUT2D eigenvalue weighted by atomic mass is 9.99. The second-order valence-electron chi connectivity index (χ2n) is 6.20. The van der Waals surface area contributed by atoms with Crippen molar-refractivity contribution in [1.82, 2.24) is 5.32 Å². The molecule has 0 fully saturated rings. The van der Waals surface area contributed by atoms with Crippen LogP contribution in [0.3, 0.4) is 0 Å². The van der Waals surface area contributed by atoms with Gasteiger partial charge in [0.15, 0.2) is 0 Å². The lowest BCUT2D eigenvalue weighted by Gasteiger charge is -2.28. The molecule has 1 unspecified atom stereocenters. The number of rotatable bonds is 7. The van der Waals surface area contributed by atoms with Crippen LogP contribution < -0.4 is 5.32 Å². The second-order valence-corrected chi connectivity index (χ2v) is 6.20. The Morgan fingerprint density at radius 1 is 1.00 bits per heavy atom. The molecule has 0 saturated carbocycles. The van der Waals surface area contributed by atoms with Crippen molar-refractivity contribution in [2.45, 2.75) is 38.7 Å². The van der Waals surface area contributed by atoms with Gasteiger partial charge in [0.05, 0.1) is 5.92 Å². The number of carbonyl (C=O) groups excluding carboxylic acids is 1. The molecule has 0 aromatic heterocycles. The fourth-order valence-electron chi connectivity index (χ4n) is 2.53. The molecule has 2 aromatic rings. The molecule has 140 valence electrons. The van der Waals surface area contributed by atoms with Gasteiger partial charge in [-0.05, 0) is 18.1 Å². The first-order chi connectivity index (χ1) is 12.3. The SMILES string of the molecule is CC([C@H](N[C@@H](C)c1ccccc1)C(=O)OCc1ccccc1)C(F)(F)F. The lowest BCUT2D eigenvalue weighted by Crippen LogP contribution is -2.48. The van der Waals surface area contributed by atoms with Crippen LogP contribution in [0.1, 0.15) is 31.0 Å². The van der Waals surface area contributed by atoms with Gasteiger partial charge in [0.25, 0.3) is 0 Å². The minimum Gasteiger partial charge on any atom is -0.460 e. The molecule has 0 aliphatic heterocycles. The quantitative estimate of drug-likeness (QED) is 0.726. The Kier molecular flexibility index (Phi) is 6.80. The van der Waals surface area contributed by atoms with Crippen molar-refractivity contribution in [3.05, 3.63) is 71.8 Å². The Balaban J connectivity index is 2.11. The first-order valence-corrected chi connectivity index (χ1v) is 8.37. The van der Waals surface area contributed by atoms with Crippen LogP contribution in [-0.4, -0.2) is 18.2 Å². The molecule has 3 atom stereocenters. The molecule has 0 amide bonds. The monoisotopic (exact) mass is 365 g/mol. The standard InChI is InChI=1S/C20H22F3NO2/c1-14(20(21,22)23)18(24-15(2)17-11-7-4-8-12-17)19(25)26-13-16-9-5-3-6-10-16/h3-12,14-15,18,24H,13H2,1-2H3/t14?,15-,18-/m0/s1. The summed E-state index contributed by atoms with van der Waals surface area (Å²) >= 11 is 0. The van der Waals surface area contributed by atoms with E-state index in [1.54, 1.807) is 55.5 Å². The van der Waals surface area contributed by atoms with Crippen molar-refractivity contribution < 1.29 is 22.7 Å². The molecule has 0 saturated heterocycles. The molecule has 2 rings (SSSR count). The Morgan fingerprint density at radius 3 is 2.08 bits per heavy atom. The molecule has 0 aliphatic rings. The number of ether oxygens (including phenoxy) is 1. The van der Waals surface area contributed by atoms with E-state index in [1.165, 1.54) is 0 Å². The molecule has 1 N–H and O–H groups in total. The number of hydrogen-bond acceptors (Lipinski definition) is 3. The number of nitrogens with one attached hydrogen (secondary N) is 1. The van der Waals surface area contributed by atoms with Gasteiger partial charge in [-0.1, -0.05) is 67.6 Å². The highest BCUT2D eigenvalue weighted by atomic mass is 19.4. The maximum Gasteiger partial charge on any atom is 0.393 e. The predicted octanol–water partition coefficient (Wildman–Crippen LogP) is 4.65. The van der Waals surface area contributed by atoms with Crippen LogP contribution >= 0.6 is 0 Å². The van der Waals surface area contributed by atoms with Crippen molar-refractivity contribution >= 4 is 5.97 Å². The molecule has 2 aromatic carbocycles. The average molecular weight is 365 g/mol. The van der Waals surface area contributed by atoms with E-state index in [0.717, 1.165) is 18.1 Å². The molecule has 6 heteroatoms. The third-order valence-electron chi connectivity index (χ3n) is 4.22. The number of halogens is 3. The van der Waals surface area contributed by atoms with Crippen LogP contribution in [0.25, 0.3) is 0 Å². The van der Waals surface area contributed by atoms with Crippen molar-refractivity contribution in [2.75, 3.05) is 0 Å². The van der Waals surface area contributed by atoms with Gasteiger partial charge in [0, 0.05) is 6.04 Å². The summed E-state index contributed by atoms with van der Waals surface area (Å²) in [5, 5.41) is 2.78. The van der Waals surface area contributed by atoms with Crippen LogP contribution in [0, 0.1) is 5.92 Å². The smallest absolute Gasteiger partial charge is 0.393 e. The van der Waals surface area contributed by atoms with Gasteiger partial charge in [-0.2, -0.15) is 13.2 Å². The lowest BCUT2D eigenvalue weighted by molar-refractivity contribution is -0.188. The van der Waals surface area contributed by atoms with Gasteiger partial charge in [-0.25, -0.2) is 0 Å². The van der Waals surface area contributed by atoms with Crippen LogP contribution in [0.5, 0.6) is 0 Å². The zero-order chi connectivity index (χ0) is 19.2. The van der Waals surface area contributed by atoms with Gasteiger partial charge in [-0.3, -0.25) is 10.1 Å². The number of esters is 1. The Labute approximate surface area is 151 Å². The largest absolute Gasteiger partial charge is 0.460 e. The third kappa shape index (κ3) is 5.59. The van der Waals surface area contributed by atoms with Crippen LogP contribution in [0.4, 0.5) is 13.2 Å². The first-order valence-electron chi connectivity index (χ1n) is 8.37. The van der Waals surface area contributed by atoms with E-state index in [9.17, 15) is 18.0 Å². The van der Waals surface area contributed by atoms with Crippen molar-refractivity contribution in [3.8, 4) is 0 Å². The molecule has 0 bridgehead atoms. The van der Waals surface area contributed by atoms with Gasteiger partial charge in [0.1, 0.15) is 12.6 Å². The highest BCUT2D eigenvalue weighted by Gasteiger charge is 2.45. The number of alkyl halides is 3. The fraction of sp³-hybridized carbons (Fsp3) is 0.350. The number of benzene rings is 2. The van der Waals surface area contributed by atoms with Crippen molar-refractivity contribution in [2.24, 2.45) is 5.92 Å². The Bertz CT molecular complexity index is 689. The van der Waals surface area contributed by atoms with Gasteiger partial charge in [0.2, 0.25) is 0 Å². The van der Waals surface area contributed by atoms with E-state index in [4.69, 9.17) is 4.74 Å². The second kappa shape index (κ2) is 8.85. The summed E-state index contributed by atoms with van der Waals surface area (Å²) in [6.07, 6.45) is -4.51. The highest BCUT2D eigenvalue weighted by Crippen LogP contribution is 2.30. The Hall–Kier alpha value is -2.34. The summed E-state index contributed by atoms with van der Waals surface area (Å²) in [5.41, 5.74) is 1.51. The molecule has 0 radical (unpaired) electrons. The van der Waals surface area contributed by atoms with E-state index in [1.807, 2.05) is 12.1 Å². The normalized spacial score (nSPS) is 15.1. The van der Waals surface area contributed by atoms with Crippen molar-refractivity contribution in [1.29, 1.82) is 0 Å². The molecular formula is C20H22F3NO2. The third-order valence-corrected chi connectivity index (χ3v) is 4.22. The molecule has 3 nitrogen and oxygen atoms in total.